The smallest absolute Gasteiger partial charge is 0.407 e. The fourth-order valence-corrected chi connectivity index (χ4v) is 13.2. The minimum Gasteiger partial charge on any atom is -0.480 e. The summed E-state index contributed by atoms with van der Waals surface area (Å²) >= 11 is 5.76. The molecular weight excluding hydrogens is 1170 g/mol. The summed E-state index contributed by atoms with van der Waals surface area (Å²) in [5.41, 5.74) is 11.2. The maximum atomic E-state index is 12.7. The number of carboxylic acids is 1. The van der Waals surface area contributed by atoms with Crippen LogP contribution < -0.4 is 25.4 Å². The number of thiol groups is 1. The summed E-state index contributed by atoms with van der Waals surface area (Å²) in [5.74, 6) is 0.467. The number of benzene rings is 6. The highest BCUT2D eigenvalue weighted by Crippen LogP contribution is 2.45. The lowest BCUT2D eigenvalue weighted by molar-refractivity contribution is -0.142. The molecular formula is C64H81N5O13S4. The summed E-state index contributed by atoms with van der Waals surface area (Å²) in [6.45, 7) is 11.7. The lowest BCUT2D eigenvalue weighted by Gasteiger charge is -2.15. The number of methoxy groups -OCH3 is 2. The van der Waals surface area contributed by atoms with Crippen molar-refractivity contribution in [1.82, 2.24) is 25.4 Å². The van der Waals surface area contributed by atoms with E-state index in [2.05, 4.69) is 105 Å². The molecule has 86 heavy (non-hydrogen) atoms. The van der Waals surface area contributed by atoms with Crippen molar-refractivity contribution in [2.75, 3.05) is 65.1 Å². The molecule has 18 nitrogen and oxygen atoms in total. The number of esters is 1. The van der Waals surface area contributed by atoms with Crippen molar-refractivity contribution in [2.45, 2.75) is 99.4 Å². The number of carbonyl (C=O) groups is 4. The second kappa shape index (κ2) is 36.4. The molecule has 6 aromatic carbocycles. The first-order valence-electron chi connectivity index (χ1n) is 28.6. The van der Waals surface area contributed by atoms with E-state index in [1.54, 1.807) is 49.9 Å². The van der Waals surface area contributed by atoms with Crippen LogP contribution in [0, 0.1) is 0 Å². The molecule has 0 saturated carbocycles. The molecule has 0 bridgehead atoms. The van der Waals surface area contributed by atoms with Crippen LogP contribution in [0.25, 0.3) is 22.3 Å². The number of sulfonamides is 2. The van der Waals surface area contributed by atoms with Crippen LogP contribution in [0.4, 0.5) is 9.59 Å². The normalized spacial score (nSPS) is 12.8. The van der Waals surface area contributed by atoms with E-state index in [9.17, 15) is 36.0 Å². The lowest BCUT2D eigenvalue weighted by atomic mass is 9.98. The SMILES string of the molecule is CCNCC.CC[C@H](NS(=O)(=O)c1cccc(COC)c1)C(=O)O.CC[C@H](NS(=O)(=O)c1cccc(CSCCCNC(=O)OCC2c3ccccc3-c3ccccc32)c1)C(=O)OC.O=C(NCCCS)OCC1c2ccccc2-c2ccccc21. The minimum atomic E-state index is -3.86. The molecule has 6 aromatic rings. The van der Waals surface area contributed by atoms with Crippen LogP contribution in [0.15, 0.2) is 155 Å². The number of aliphatic carboxylic acids is 1. The topological polar surface area (TPSA) is 254 Å². The first-order chi connectivity index (χ1) is 41.5. The second-order valence-electron chi connectivity index (χ2n) is 19.7. The average Bonchev–Trinajstić information content (AvgIpc) is 1.76. The lowest BCUT2D eigenvalue weighted by Crippen LogP contribution is -2.40. The molecule has 6 N–H and O–H groups in total. The second-order valence-corrected chi connectivity index (χ2v) is 24.7. The molecule has 0 heterocycles. The van der Waals surface area contributed by atoms with E-state index in [-0.39, 0.29) is 47.2 Å². The first-order valence-corrected chi connectivity index (χ1v) is 33.3. The number of carboxylic acid groups (broad SMARTS) is 1. The molecule has 0 aromatic heterocycles. The van der Waals surface area contributed by atoms with Crippen LogP contribution >= 0.6 is 24.4 Å². The van der Waals surface area contributed by atoms with Gasteiger partial charge in [0.1, 0.15) is 25.3 Å². The Bertz CT molecular complexity index is 3280. The van der Waals surface area contributed by atoms with Gasteiger partial charge in [0.2, 0.25) is 20.0 Å². The number of amides is 2. The molecule has 2 amide bonds. The number of hydrogen-bond acceptors (Lipinski definition) is 15. The van der Waals surface area contributed by atoms with E-state index in [0.717, 1.165) is 43.0 Å². The number of thioether (sulfide) groups is 1. The molecule has 2 aliphatic rings. The number of carbonyl (C=O) groups excluding carboxylic acids is 3. The van der Waals surface area contributed by atoms with Gasteiger partial charge in [0, 0.05) is 37.8 Å². The summed E-state index contributed by atoms with van der Waals surface area (Å²) in [4.78, 5) is 46.9. The highest BCUT2D eigenvalue weighted by Gasteiger charge is 2.31. The molecule has 0 radical (unpaired) electrons. The van der Waals surface area contributed by atoms with Gasteiger partial charge in [-0.1, -0.05) is 149 Å². The molecule has 8 rings (SSSR count). The van der Waals surface area contributed by atoms with Gasteiger partial charge in [-0.05, 0) is 130 Å². The van der Waals surface area contributed by atoms with Crippen LogP contribution in [-0.2, 0) is 60.9 Å². The number of fused-ring (bicyclic) bond motifs is 6. The Hall–Kier alpha value is -6.76. The van der Waals surface area contributed by atoms with E-state index < -0.39 is 50.2 Å². The van der Waals surface area contributed by atoms with Crippen LogP contribution in [0.5, 0.6) is 0 Å². The fraction of sp³-hybridized carbons (Fsp3) is 0.375. The highest BCUT2D eigenvalue weighted by molar-refractivity contribution is 7.98. The number of hydrogen-bond donors (Lipinski definition) is 7. The van der Waals surface area contributed by atoms with E-state index >= 15 is 0 Å². The number of rotatable bonds is 27. The Kier molecular flexibility index (Phi) is 29.6. The molecule has 464 valence electrons. The van der Waals surface area contributed by atoms with Crippen molar-refractivity contribution in [3.05, 3.63) is 179 Å². The Labute approximate surface area is 516 Å². The van der Waals surface area contributed by atoms with Crippen LogP contribution in [0.3, 0.4) is 0 Å². The third-order valence-electron chi connectivity index (χ3n) is 13.7. The Morgan fingerprint density at radius 3 is 1.38 bits per heavy atom. The molecule has 0 spiro atoms. The zero-order valence-electron chi connectivity index (χ0n) is 49.6. The maximum Gasteiger partial charge on any atom is 0.407 e. The highest BCUT2D eigenvalue weighted by atomic mass is 32.2. The molecule has 2 atom stereocenters. The van der Waals surface area contributed by atoms with Gasteiger partial charge in [-0.15, -0.1) is 0 Å². The zero-order valence-corrected chi connectivity index (χ0v) is 52.9. The molecule has 0 saturated heterocycles. The average molecular weight is 1260 g/mol. The zero-order chi connectivity index (χ0) is 62.5. The van der Waals surface area contributed by atoms with Crippen LogP contribution in [0.1, 0.15) is 98.6 Å². The van der Waals surface area contributed by atoms with Gasteiger partial charge in [0.25, 0.3) is 0 Å². The van der Waals surface area contributed by atoms with E-state index in [0.29, 0.717) is 37.6 Å². The van der Waals surface area contributed by atoms with Crippen molar-refractivity contribution in [1.29, 1.82) is 0 Å². The van der Waals surface area contributed by atoms with Gasteiger partial charge >= 0.3 is 24.1 Å². The number of alkyl carbamates (subject to hydrolysis) is 2. The number of nitrogens with one attached hydrogen (secondary N) is 5. The minimum absolute atomic E-state index is 0.0248. The van der Waals surface area contributed by atoms with Gasteiger partial charge in [-0.3, -0.25) is 9.59 Å². The fourth-order valence-electron chi connectivity index (χ4n) is 9.40. The van der Waals surface area contributed by atoms with Gasteiger partial charge < -0.3 is 40.0 Å². The summed E-state index contributed by atoms with van der Waals surface area (Å²) in [5, 5.41) is 17.6. The summed E-state index contributed by atoms with van der Waals surface area (Å²) in [6, 6.07) is 43.9. The Balaban J connectivity index is 0.000000246. The van der Waals surface area contributed by atoms with Crippen molar-refractivity contribution in [3.63, 3.8) is 0 Å². The standard InChI is InChI=1S/C30H34N2O6S2.C18H19NO2S.C12H17NO5S.C4H11N/c1-3-28(29(33)37-2)32-40(35,36)22-11-8-10-21(18-22)20-39-17-9-16-31-30(34)38-19-27-25-14-6-4-12-23(25)24-13-5-7-15-26(24)27;20-18(19-10-5-11-22)21-12-17-15-8-3-1-6-13(15)14-7-2-4-9-16(14)17;1-3-11(12(14)15)13-19(16,17)10-6-4-5-9(7-10)8-18-2;1-3-5-4-2/h4-8,10-15,18,27-28,32H,3,9,16-17,19-20H2,1-2H3,(H,31,34);1-4,6-9,17,22H,5,10-12H2,(H,19,20);4-7,11,13H,3,8H2,1-2H3,(H,14,15);5H,3-4H2,1-2H3/t28-;;11-;/m0.0./s1. The first kappa shape index (κ1) is 70.0. The van der Waals surface area contributed by atoms with Crippen LogP contribution in [0.2, 0.25) is 0 Å². The predicted molar refractivity (Wildman–Crippen MR) is 342 cm³/mol. The predicted octanol–water partition coefficient (Wildman–Crippen LogP) is 10.5. The Morgan fingerprint density at radius 1 is 0.570 bits per heavy atom. The monoisotopic (exact) mass is 1260 g/mol. The van der Waals surface area contributed by atoms with Gasteiger partial charge in [0.05, 0.1) is 23.5 Å². The third-order valence-corrected chi connectivity index (χ3v) is 18.1. The van der Waals surface area contributed by atoms with Crippen molar-refractivity contribution in [3.8, 4) is 22.3 Å². The Morgan fingerprint density at radius 2 is 0.988 bits per heavy atom. The van der Waals surface area contributed by atoms with Crippen molar-refractivity contribution in [2.24, 2.45) is 0 Å². The van der Waals surface area contributed by atoms with Crippen LogP contribution in [-0.4, -0.2) is 123 Å². The third kappa shape index (κ3) is 21.0. The van der Waals surface area contributed by atoms with Crippen molar-refractivity contribution < 1.29 is 60.1 Å². The van der Waals surface area contributed by atoms with Gasteiger partial charge in [0.15, 0.2) is 0 Å². The molecule has 0 fully saturated rings. The van der Waals surface area contributed by atoms with Gasteiger partial charge in [-0.25, -0.2) is 26.4 Å². The maximum absolute atomic E-state index is 12.7. The molecule has 0 unspecified atom stereocenters. The van der Waals surface area contributed by atoms with Gasteiger partial charge in [-0.2, -0.15) is 33.8 Å². The van der Waals surface area contributed by atoms with E-state index in [1.807, 2.05) is 54.6 Å². The number of ether oxygens (including phenoxy) is 4. The largest absolute Gasteiger partial charge is 0.480 e. The summed E-state index contributed by atoms with van der Waals surface area (Å²) in [7, 11) is -4.97. The van der Waals surface area contributed by atoms with E-state index in [4.69, 9.17) is 19.3 Å². The molecule has 22 heteroatoms. The van der Waals surface area contributed by atoms with E-state index in [1.165, 1.54) is 76.9 Å². The summed E-state index contributed by atoms with van der Waals surface area (Å²) < 4.78 is 74.7. The quantitative estimate of drug-likeness (QED) is 0.0110. The summed E-state index contributed by atoms with van der Waals surface area (Å²) in [6.07, 6.45) is 1.25. The van der Waals surface area contributed by atoms with Crippen molar-refractivity contribution >= 4 is 68.6 Å². The molecule has 2 aliphatic carbocycles. The molecule has 0 aliphatic heterocycles.